The number of ether oxygens (including phenoxy) is 3. The van der Waals surface area contributed by atoms with Crippen LogP contribution in [0.4, 0.5) is 5.95 Å². The second kappa shape index (κ2) is 7.97. The van der Waals surface area contributed by atoms with Gasteiger partial charge in [0.25, 0.3) is 0 Å². The van der Waals surface area contributed by atoms with Crippen molar-refractivity contribution in [3.8, 4) is 10.6 Å². The molecule has 1 N–H and O–H groups in total. The maximum Gasteiger partial charge on any atom is 0.223 e. The largest absolute Gasteiger partial charge is 0.370 e. The molecule has 2 fully saturated rings. The van der Waals surface area contributed by atoms with Crippen molar-refractivity contribution in [1.82, 2.24) is 9.97 Å². The van der Waals surface area contributed by atoms with Gasteiger partial charge in [-0.05, 0) is 23.1 Å². The van der Waals surface area contributed by atoms with Crippen molar-refractivity contribution < 1.29 is 14.2 Å². The predicted molar refractivity (Wildman–Crippen MR) is 107 cm³/mol. The van der Waals surface area contributed by atoms with Crippen molar-refractivity contribution in [2.45, 2.75) is 31.0 Å². The number of benzene rings is 1. The van der Waals surface area contributed by atoms with Crippen LogP contribution in [-0.4, -0.2) is 47.5 Å². The van der Waals surface area contributed by atoms with Gasteiger partial charge in [0, 0.05) is 6.20 Å². The Bertz CT molecular complexity index is 906. The molecule has 28 heavy (non-hydrogen) atoms. The van der Waals surface area contributed by atoms with Gasteiger partial charge in [0.15, 0.2) is 0 Å². The molecule has 0 aliphatic carbocycles. The molecule has 5 rings (SSSR count). The van der Waals surface area contributed by atoms with Gasteiger partial charge in [-0.25, -0.2) is 9.97 Å². The normalized spacial score (nSPS) is 26.3. The average molecular weight is 395 g/mol. The summed E-state index contributed by atoms with van der Waals surface area (Å²) >= 11 is 1.66. The van der Waals surface area contributed by atoms with E-state index >= 15 is 0 Å². The number of fused-ring (bicyclic) bond motifs is 1. The lowest BCUT2D eigenvalue weighted by molar-refractivity contribution is -0.0388. The Kier molecular flexibility index (Phi) is 5.05. The quantitative estimate of drug-likeness (QED) is 0.690. The molecule has 0 unspecified atom stereocenters. The highest BCUT2D eigenvalue weighted by atomic mass is 32.1. The van der Waals surface area contributed by atoms with E-state index in [4.69, 9.17) is 14.2 Å². The summed E-state index contributed by atoms with van der Waals surface area (Å²) in [5.41, 5.74) is 2.07. The van der Waals surface area contributed by atoms with Crippen LogP contribution >= 0.6 is 11.3 Å². The molecule has 3 aromatic rings. The first kappa shape index (κ1) is 17.8. The minimum Gasteiger partial charge on any atom is -0.370 e. The summed E-state index contributed by atoms with van der Waals surface area (Å²) < 4.78 is 18.1. The van der Waals surface area contributed by atoms with Crippen LogP contribution in [0.1, 0.15) is 5.56 Å². The van der Waals surface area contributed by atoms with Crippen LogP contribution in [0.5, 0.6) is 0 Å². The molecule has 4 heterocycles. The highest BCUT2D eigenvalue weighted by molar-refractivity contribution is 7.13. The summed E-state index contributed by atoms with van der Waals surface area (Å²) in [5, 5.41) is 5.43. The fourth-order valence-electron chi connectivity index (χ4n) is 3.66. The Hall–Kier alpha value is -2.32. The second-order valence-corrected chi connectivity index (χ2v) is 7.87. The van der Waals surface area contributed by atoms with E-state index < -0.39 is 0 Å². The summed E-state index contributed by atoms with van der Waals surface area (Å²) in [5.74, 6) is 0.595. The van der Waals surface area contributed by atoms with Crippen molar-refractivity contribution in [2.75, 3.05) is 18.5 Å². The Morgan fingerprint density at radius 1 is 1.04 bits per heavy atom. The van der Waals surface area contributed by atoms with Crippen molar-refractivity contribution in [2.24, 2.45) is 0 Å². The highest BCUT2D eigenvalue weighted by Gasteiger charge is 2.48. The number of hydrogen-bond acceptors (Lipinski definition) is 7. The molecule has 0 saturated carbocycles. The topological polar surface area (TPSA) is 65.5 Å². The number of thiophene rings is 1. The molecule has 144 valence electrons. The van der Waals surface area contributed by atoms with E-state index in [2.05, 4.69) is 33.5 Å². The molecule has 1 aromatic carbocycles. The molecule has 2 aliphatic heterocycles. The van der Waals surface area contributed by atoms with E-state index in [1.54, 1.807) is 17.5 Å². The van der Waals surface area contributed by atoms with Crippen LogP contribution < -0.4 is 5.32 Å². The zero-order valence-electron chi connectivity index (χ0n) is 15.2. The average Bonchev–Trinajstić information content (AvgIpc) is 3.47. The van der Waals surface area contributed by atoms with Crippen molar-refractivity contribution >= 4 is 17.3 Å². The fraction of sp³-hybridized carbons (Fsp3) is 0.333. The summed E-state index contributed by atoms with van der Waals surface area (Å²) in [6, 6.07) is 16.2. The van der Waals surface area contributed by atoms with Crippen molar-refractivity contribution in [1.29, 1.82) is 0 Å². The Morgan fingerprint density at radius 2 is 1.93 bits per heavy atom. The minimum absolute atomic E-state index is 0.00825. The van der Waals surface area contributed by atoms with Crippen LogP contribution in [0.15, 0.2) is 60.1 Å². The molecule has 2 aliphatic rings. The summed E-state index contributed by atoms with van der Waals surface area (Å²) in [6.45, 7) is 1.65. The molecule has 2 aromatic heterocycles. The molecular weight excluding hydrogens is 374 g/mol. The van der Waals surface area contributed by atoms with Gasteiger partial charge in [0.2, 0.25) is 5.95 Å². The lowest BCUT2D eigenvalue weighted by Gasteiger charge is -2.18. The Morgan fingerprint density at radius 3 is 2.79 bits per heavy atom. The third-order valence-electron chi connectivity index (χ3n) is 5.06. The minimum atomic E-state index is -0.0679. The number of rotatable bonds is 6. The monoisotopic (exact) mass is 395 g/mol. The van der Waals surface area contributed by atoms with Gasteiger partial charge in [-0.15, -0.1) is 11.3 Å². The van der Waals surface area contributed by atoms with Crippen LogP contribution in [0.2, 0.25) is 0 Å². The molecule has 7 heteroatoms. The van der Waals surface area contributed by atoms with Gasteiger partial charge >= 0.3 is 0 Å². The SMILES string of the molecule is c1ccc(CO[C@@H]2CO[C@H]3[C@@H]2OC[C@@H]3Nc2nccc(-c3cccs3)n2)cc1. The van der Waals surface area contributed by atoms with Gasteiger partial charge < -0.3 is 19.5 Å². The van der Waals surface area contributed by atoms with Gasteiger partial charge in [-0.1, -0.05) is 36.4 Å². The number of hydrogen-bond donors (Lipinski definition) is 1. The number of nitrogens with zero attached hydrogens (tertiary/aromatic N) is 2. The Balaban J connectivity index is 1.21. The molecule has 0 spiro atoms. The Labute approximate surface area is 167 Å². The molecule has 0 amide bonds. The third kappa shape index (κ3) is 3.66. The highest BCUT2D eigenvalue weighted by Crippen LogP contribution is 2.31. The number of nitrogens with one attached hydrogen (secondary N) is 1. The summed E-state index contributed by atoms with van der Waals surface area (Å²) in [6.07, 6.45) is 1.59. The third-order valence-corrected chi connectivity index (χ3v) is 5.95. The van der Waals surface area contributed by atoms with Gasteiger partial charge in [-0.2, -0.15) is 0 Å². The standard InChI is InChI=1S/C21H21N3O3S/c1-2-5-14(6-3-1)11-25-17-13-27-19-16(12-26-20(17)19)24-21-22-9-8-15(23-21)18-7-4-10-28-18/h1-10,16-17,19-20H,11-13H2,(H,22,23,24)/t16-,17+,19+,20+/m0/s1. The zero-order chi connectivity index (χ0) is 18.8. The van der Waals surface area contributed by atoms with E-state index in [9.17, 15) is 0 Å². The number of anilines is 1. The number of aromatic nitrogens is 2. The molecule has 4 atom stereocenters. The fourth-order valence-corrected chi connectivity index (χ4v) is 4.36. The predicted octanol–water partition coefficient (Wildman–Crippen LogP) is 3.37. The summed E-state index contributed by atoms with van der Waals surface area (Å²) in [7, 11) is 0. The van der Waals surface area contributed by atoms with Gasteiger partial charge in [0.05, 0.1) is 36.4 Å². The van der Waals surface area contributed by atoms with Crippen LogP contribution in [0.25, 0.3) is 10.6 Å². The summed E-state index contributed by atoms with van der Waals surface area (Å²) in [4.78, 5) is 10.1. The van der Waals surface area contributed by atoms with Crippen molar-refractivity contribution in [3.05, 3.63) is 65.7 Å². The first-order valence-electron chi connectivity index (χ1n) is 9.39. The molecule has 0 radical (unpaired) electrons. The van der Waals surface area contributed by atoms with E-state index in [1.165, 1.54) is 0 Å². The molecular formula is C21H21N3O3S. The van der Waals surface area contributed by atoms with Gasteiger partial charge in [-0.3, -0.25) is 0 Å². The molecule has 2 saturated heterocycles. The maximum absolute atomic E-state index is 6.06. The van der Waals surface area contributed by atoms with E-state index in [1.807, 2.05) is 35.7 Å². The van der Waals surface area contributed by atoms with E-state index in [0.29, 0.717) is 25.8 Å². The first-order chi connectivity index (χ1) is 13.9. The zero-order valence-corrected chi connectivity index (χ0v) is 16.0. The van der Waals surface area contributed by atoms with Crippen LogP contribution in [-0.2, 0) is 20.8 Å². The smallest absolute Gasteiger partial charge is 0.223 e. The van der Waals surface area contributed by atoms with Gasteiger partial charge in [0.1, 0.15) is 18.3 Å². The molecule has 0 bridgehead atoms. The molecule has 6 nitrogen and oxygen atoms in total. The lowest BCUT2D eigenvalue weighted by atomic mass is 10.1. The lowest BCUT2D eigenvalue weighted by Crippen LogP contribution is -2.37. The maximum atomic E-state index is 6.06. The second-order valence-electron chi connectivity index (χ2n) is 6.92. The van der Waals surface area contributed by atoms with Crippen molar-refractivity contribution in [3.63, 3.8) is 0 Å². The van der Waals surface area contributed by atoms with E-state index in [0.717, 1.165) is 16.1 Å². The first-order valence-corrected chi connectivity index (χ1v) is 10.3. The van der Waals surface area contributed by atoms with Crippen LogP contribution in [0.3, 0.4) is 0 Å². The van der Waals surface area contributed by atoms with E-state index in [-0.39, 0.29) is 24.4 Å². The van der Waals surface area contributed by atoms with Crippen LogP contribution in [0, 0.1) is 0 Å².